The molecule has 0 spiro atoms. The SMILES string of the molecule is CNCCS(=O)c1ccccc1C. The van der Waals surface area contributed by atoms with Gasteiger partial charge in [0.15, 0.2) is 0 Å². The Labute approximate surface area is 81.8 Å². The second kappa shape index (κ2) is 5.14. The van der Waals surface area contributed by atoms with Crippen molar-refractivity contribution in [1.29, 1.82) is 0 Å². The Morgan fingerprint density at radius 1 is 1.38 bits per heavy atom. The number of aryl methyl sites for hydroxylation is 1. The van der Waals surface area contributed by atoms with Gasteiger partial charge in [-0.05, 0) is 25.6 Å². The maximum Gasteiger partial charge on any atom is 0.0545 e. The molecule has 0 saturated heterocycles. The van der Waals surface area contributed by atoms with Gasteiger partial charge in [-0.25, -0.2) is 0 Å². The lowest BCUT2D eigenvalue weighted by molar-refractivity contribution is 0.679. The smallest absolute Gasteiger partial charge is 0.0545 e. The second-order valence-corrected chi connectivity index (χ2v) is 4.46. The van der Waals surface area contributed by atoms with Crippen LogP contribution in [0.5, 0.6) is 0 Å². The van der Waals surface area contributed by atoms with Crippen LogP contribution < -0.4 is 5.32 Å². The molecule has 0 aliphatic rings. The van der Waals surface area contributed by atoms with Crippen LogP contribution in [-0.4, -0.2) is 23.6 Å². The molecule has 0 saturated carbocycles. The minimum atomic E-state index is -0.857. The Kier molecular flexibility index (Phi) is 4.12. The highest BCUT2D eigenvalue weighted by molar-refractivity contribution is 7.85. The third kappa shape index (κ3) is 2.94. The summed E-state index contributed by atoms with van der Waals surface area (Å²) in [5.41, 5.74) is 1.11. The summed E-state index contributed by atoms with van der Waals surface area (Å²) in [5, 5.41) is 2.99. The molecule has 13 heavy (non-hydrogen) atoms. The Bertz CT molecular complexity index is 299. The van der Waals surface area contributed by atoms with E-state index >= 15 is 0 Å². The molecule has 0 bridgehead atoms. The van der Waals surface area contributed by atoms with Gasteiger partial charge in [-0.3, -0.25) is 4.21 Å². The summed E-state index contributed by atoms with van der Waals surface area (Å²) in [6, 6.07) is 7.82. The van der Waals surface area contributed by atoms with Crippen LogP contribution in [0, 0.1) is 6.92 Å². The summed E-state index contributed by atoms with van der Waals surface area (Å²) in [6.07, 6.45) is 0. The van der Waals surface area contributed by atoms with Crippen LogP contribution in [-0.2, 0) is 10.8 Å². The van der Waals surface area contributed by atoms with Crippen molar-refractivity contribution >= 4 is 10.8 Å². The largest absolute Gasteiger partial charge is 0.319 e. The standard InChI is InChI=1S/C10H15NOS/c1-9-5-3-4-6-10(9)13(12)8-7-11-2/h3-6,11H,7-8H2,1-2H3. The van der Waals surface area contributed by atoms with Gasteiger partial charge in [0.1, 0.15) is 0 Å². The number of hydrogen-bond acceptors (Lipinski definition) is 2. The highest BCUT2D eigenvalue weighted by atomic mass is 32.2. The first-order chi connectivity index (χ1) is 6.25. The van der Waals surface area contributed by atoms with Gasteiger partial charge in [0.05, 0.1) is 10.8 Å². The van der Waals surface area contributed by atoms with E-state index in [1.54, 1.807) is 0 Å². The van der Waals surface area contributed by atoms with Crippen molar-refractivity contribution in [1.82, 2.24) is 5.32 Å². The topological polar surface area (TPSA) is 29.1 Å². The average Bonchev–Trinajstić information content (AvgIpc) is 2.15. The van der Waals surface area contributed by atoms with E-state index in [-0.39, 0.29) is 0 Å². The van der Waals surface area contributed by atoms with E-state index in [1.807, 2.05) is 38.2 Å². The normalized spacial score (nSPS) is 12.8. The van der Waals surface area contributed by atoms with Gasteiger partial charge in [0.25, 0.3) is 0 Å². The first kappa shape index (κ1) is 10.4. The zero-order valence-electron chi connectivity index (χ0n) is 8.04. The fourth-order valence-electron chi connectivity index (χ4n) is 1.12. The molecular formula is C10H15NOS. The highest BCUT2D eigenvalue weighted by Crippen LogP contribution is 2.11. The van der Waals surface area contributed by atoms with Crippen molar-refractivity contribution in [3.05, 3.63) is 29.8 Å². The molecule has 1 aromatic carbocycles. The molecule has 2 nitrogen and oxygen atoms in total. The van der Waals surface area contributed by atoms with Crippen LogP contribution in [0.4, 0.5) is 0 Å². The molecule has 0 radical (unpaired) electrons. The molecular weight excluding hydrogens is 182 g/mol. The number of nitrogens with one attached hydrogen (secondary N) is 1. The van der Waals surface area contributed by atoms with Gasteiger partial charge < -0.3 is 5.32 Å². The van der Waals surface area contributed by atoms with Crippen molar-refractivity contribution in [3.63, 3.8) is 0 Å². The lowest BCUT2D eigenvalue weighted by Gasteiger charge is -2.04. The van der Waals surface area contributed by atoms with Crippen molar-refractivity contribution in [2.24, 2.45) is 0 Å². The van der Waals surface area contributed by atoms with Crippen LogP contribution in [0.3, 0.4) is 0 Å². The Balaban J connectivity index is 2.71. The summed E-state index contributed by atoms with van der Waals surface area (Å²) in [4.78, 5) is 0.956. The van der Waals surface area contributed by atoms with Gasteiger partial charge in [-0.2, -0.15) is 0 Å². The molecule has 1 aromatic rings. The summed E-state index contributed by atoms with van der Waals surface area (Å²) in [5.74, 6) is 0.682. The van der Waals surface area contributed by atoms with Gasteiger partial charge >= 0.3 is 0 Å². The minimum absolute atomic E-state index is 0.682. The van der Waals surface area contributed by atoms with E-state index in [4.69, 9.17) is 0 Å². The molecule has 72 valence electrons. The molecule has 0 aliphatic carbocycles. The molecule has 0 amide bonds. The average molecular weight is 197 g/mol. The Hall–Kier alpha value is -0.670. The van der Waals surface area contributed by atoms with E-state index < -0.39 is 10.8 Å². The molecule has 0 aliphatic heterocycles. The third-order valence-electron chi connectivity index (χ3n) is 1.88. The van der Waals surface area contributed by atoms with E-state index in [0.29, 0.717) is 5.75 Å². The van der Waals surface area contributed by atoms with Gasteiger partial charge in [0, 0.05) is 17.2 Å². The van der Waals surface area contributed by atoms with Gasteiger partial charge in [-0.1, -0.05) is 18.2 Å². The van der Waals surface area contributed by atoms with Gasteiger partial charge in [0.2, 0.25) is 0 Å². The van der Waals surface area contributed by atoms with Crippen LogP contribution in [0.25, 0.3) is 0 Å². The lowest BCUT2D eigenvalue weighted by Crippen LogP contribution is -2.15. The summed E-state index contributed by atoms with van der Waals surface area (Å²) >= 11 is 0. The van der Waals surface area contributed by atoms with Crippen molar-refractivity contribution in [3.8, 4) is 0 Å². The van der Waals surface area contributed by atoms with Crippen molar-refractivity contribution in [2.75, 3.05) is 19.3 Å². The number of benzene rings is 1. The van der Waals surface area contributed by atoms with Crippen molar-refractivity contribution in [2.45, 2.75) is 11.8 Å². The lowest BCUT2D eigenvalue weighted by atomic mass is 10.2. The van der Waals surface area contributed by atoms with Crippen LogP contribution in [0.2, 0.25) is 0 Å². The molecule has 1 atom stereocenters. The number of hydrogen-bond donors (Lipinski definition) is 1. The third-order valence-corrected chi connectivity index (χ3v) is 3.40. The molecule has 0 fully saturated rings. The quantitative estimate of drug-likeness (QED) is 0.789. The number of rotatable bonds is 4. The molecule has 3 heteroatoms. The zero-order valence-corrected chi connectivity index (χ0v) is 8.86. The molecule has 0 aromatic heterocycles. The van der Waals surface area contributed by atoms with E-state index in [1.165, 1.54) is 0 Å². The van der Waals surface area contributed by atoms with Gasteiger partial charge in [-0.15, -0.1) is 0 Å². The van der Waals surface area contributed by atoms with E-state index in [2.05, 4.69) is 5.32 Å². The van der Waals surface area contributed by atoms with Crippen molar-refractivity contribution < 1.29 is 4.21 Å². The van der Waals surface area contributed by atoms with Crippen LogP contribution >= 0.6 is 0 Å². The maximum absolute atomic E-state index is 11.7. The Morgan fingerprint density at radius 2 is 2.08 bits per heavy atom. The van der Waals surface area contributed by atoms with Crippen LogP contribution in [0.15, 0.2) is 29.2 Å². The van der Waals surface area contributed by atoms with E-state index in [0.717, 1.165) is 17.0 Å². The molecule has 1 unspecified atom stereocenters. The monoisotopic (exact) mass is 197 g/mol. The highest BCUT2D eigenvalue weighted by Gasteiger charge is 2.04. The predicted molar refractivity (Wildman–Crippen MR) is 56.4 cm³/mol. The Morgan fingerprint density at radius 3 is 2.69 bits per heavy atom. The zero-order chi connectivity index (χ0) is 9.68. The van der Waals surface area contributed by atoms with Crippen LogP contribution in [0.1, 0.15) is 5.56 Å². The summed E-state index contributed by atoms with van der Waals surface area (Å²) < 4.78 is 11.7. The molecule has 1 N–H and O–H groups in total. The maximum atomic E-state index is 11.7. The fourth-order valence-corrected chi connectivity index (χ4v) is 2.38. The fraction of sp³-hybridized carbons (Fsp3) is 0.400. The van der Waals surface area contributed by atoms with E-state index in [9.17, 15) is 4.21 Å². The first-order valence-electron chi connectivity index (χ1n) is 4.34. The second-order valence-electron chi connectivity index (χ2n) is 2.92. The molecule has 0 heterocycles. The first-order valence-corrected chi connectivity index (χ1v) is 5.66. The molecule has 1 rings (SSSR count). The predicted octanol–water partition coefficient (Wildman–Crippen LogP) is 1.32. The minimum Gasteiger partial charge on any atom is -0.319 e. The summed E-state index contributed by atoms with van der Waals surface area (Å²) in [7, 11) is 1.01. The summed E-state index contributed by atoms with van der Waals surface area (Å²) in [6.45, 7) is 2.79.